The van der Waals surface area contributed by atoms with E-state index < -0.39 is 48.0 Å². The van der Waals surface area contributed by atoms with Crippen LogP contribution in [0.2, 0.25) is 0 Å². The predicted octanol–water partition coefficient (Wildman–Crippen LogP) is 5.85. The van der Waals surface area contributed by atoms with Gasteiger partial charge in [-0.3, -0.25) is 0 Å². The molecule has 0 bridgehead atoms. The maximum Gasteiger partial charge on any atom is 0.419 e. The van der Waals surface area contributed by atoms with Crippen molar-refractivity contribution in [3.8, 4) is 0 Å². The second kappa shape index (κ2) is 9.20. The Bertz CT molecular complexity index is 851. The molecule has 0 aliphatic rings. The highest BCUT2D eigenvalue weighted by Gasteiger charge is 2.52. The van der Waals surface area contributed by atoms with Crippen LogP contribution in [0.3, 0.4) is 0 Å². The molecule has 0 spiro atoms. The van der Waals surface area contributed by atoms with E-state index in [0.717, 1.165) is 0 Å². The van der Waals surface area contributed by atoms with E-state index in [-0.39, 0.29) is 0 Å². The van der Waals surface area contributed by atoms with Crippen molar-refractivity contribution in [1.29, 1.82) is 0 Å². The van der Waals surface area contributed by atoms with Crippen LogP contribution in [0.25, 0.3) is 5.57 Å². The lowest BCUT2D eigenvalue weighted by Gasteiger charge is -2.35. The fraction of sp³-hybridized carbons (Fsp3) is 0.652. The first-order chi connectivity index (χ1) is 14.4. The summed E-state index contributed by atoms with van der Waals surface area (Å²) < 4.78 is 88.7. The molecule has 0 aliphatic carbocycles. The number of alkyl halides is 6. The zero-order chi connectivity index (χ0) is 26.3. The Labute approximate surface area is 190 Å². The standard InChI is InChI=1S/C23H32F6O4/c1-14(2)16-11-15(18(3,4)32-12-20(7,30)22(24,25)26)9-10-17(16)19(5,6)33-13-21(8,31)23(27,28)29/h9-11,30-31H,1,12-13H2,2-8H3. The van der Waals surface area contributed by atoms with E-state index in [4.69, 9.17) is 9.47 Å². The number of hydrogen-bond donors (Lipinski definition) is 2. The minimum atomic E-state index is -4.89. The summed E-state index contributed by atoms with van der Waals surface area (Å²) in [5.41, 5.74) is -6.66. The molecular weight excluding hydrogens is 454 g/mol. The van der Waals surface area contributed by atoms with Crippen molar-refractivity contribution < 1.29 is 46.0 Å². The fourth-order valence-corrected chi connectivity index (χ4v) is 2.76. The minimum absolute atomic E-state index is 0.459. The first-order valence-corrected chi connectivity index (χ1v) is 10.1. The van der Waals surface area contributed by atoms with Crippen molar-refractivity contribution in [2.45, 2.75) is 83.2 Å². The molecule has 4 nitrogen and oxygen atoms in total. The van der Waals surface area contributed by atoms with Crippen LogP contribution >= 0.6 is 0 Å². The van der Waals surface area contributed by atoms with E-state index in [2.05, 4.69) is 6.58 Å². The van der Waals surface area contributed by atoms with Gasteiger partial charge in [0.2, 0.25) is 0 Å². The van der Waals surface area contributed by atoms with E-state index in [1.807, 2.05) is 0 Å². The second-order valence-electron chi connectivity index (χ2n) is 9.68. The Morgan fingerprint density at radius 3 is 1.55 bits per heavy atom. The molecule has 1 aromatic carbocycles. The monoisotopic (exact) mass is 486 g/mol. The summed E-state index contributed by atoms with van der Waals surface area (Å²) in [6, 6.07) is 4.72. The number of hydrogen-bond acceptors (Lipinski definition) is 4. The van der Waals surface area contributed by atoms with Gasteiger partial charge in [-0.15, -0.1) is 0 Å². The highest BCUT2D eigenvalue weighted by Crippen LogP contribution is 2.38. The van der Waals surface area contributed by atoms with Gasteiger partial charge in [0, 0.05) is 0 Å². The molecule has 0 radical (unpaired) electrons. The molecule has 0 saturated heterocycles. The van der Waals surface area contributed by atoms with Gasteiger partial charge in [-0.2, -0.15) is 26.3 Å². The van der Waals surface area contributed by atoms with Gasteiger partial charge in [-0.25, -0.2) is 0 Å². The highest BCUT2D eigenvalue weighted by molar-refractivity contribution is 5.66. The first kappa shape index (κ1) is 29.4. The lowest BCUT2D eigenvalue weighted by atomic mass is 9.85. The van der Waals surface area contributed by atoms with Crippen molar-refractivity contribution in [2.75, 3.05) is 13.2 Å². The third-order valence-electron chi connectivity index (χ3n) is 5.47. The average molecular weight is 486 g/mol. The van der Waals surface area contributed by atoms with Crippen LogP contribution in [0.1, 0.15) is 65.2 Å². The molecule has 33 heavy (non-hydrogen) atoms. The van der Waals surface area contributed by atoms with E-state index in [0.29, 0.717) is 36.1 Å². The summed E-state index contributed by atoms with van der Waals surface area (Å²) in [5, 5.41) is 19.3. The molecule has 2 N–H and O–H groups in total. The Morgan fingerprint density at radius 2 is 1.18 bits per heavy atom. The SMILES string of the molecule is C=C(C)c1cc(C(C)(C)OCC(C)(O)C(F)(F)F)ccc1C(C)(C)OCC(C)(O)C(F)(F)F. The van der Waals surface area contributed by atoms with Crippen LogP contribution in [-0.4, -0.2) is 47.0 Å². The summed E-state index contributed by atoms with van der Waals surface area (Å²) in [7, 11) is 0. The summed E-state index contributed by atoms with van der Waals surface area (Å²) in [6.45, 7) is 10.9. The number of aliphatic hydroxyl groups is 2. The normalized spacial score (nSPS) is 17.4. The van der Waals surface area contributed by atoms with Gasteiger partial charge in [0.1, 0.15) is 0 Å². The van der Waals surface area contributed by atoms with Crippen LogP contribution in [0.4, 0.5) is 26.3 Å². The maximum absolute atomic E-state index is 13.0. The molecule has 0 saturated carbocycles. The van der Waals surface area contributed by atoms with Crippen LogP contribution in [-0.2, 0) is 20.7 Å². The zero-order valence-corrected chi connectivity index (χ0v) is 19.8. The van der Waals surface area contributed by atoms with Gasteiger partial charge in [-0.1, -0.05) is 24.3 Å². The van der Waals surface area contributed by atoms with Crippen molar-refractivity contribution in [2.24, 2.45) is 0 Å². The summed E-state index contributed by atoms with van der Waals surface area (Å²) in [6.07, 6.45) is -9.77. The molecule has 0 aromatic heterocycles. The predicted molar refractivity (Wildman–Crippen MR) is 112 cm³/mol. The maximum atomic E-state index is 13.0. The summed E-state index contributed by atoms with van der Waals surface area (Å²) in [4.78, 5) is 0. The third-order valence-corrected chi connectivity index (χ3v) is 5.47. The van der Waals surface area contributed by atoms with Crippen molar-refractivity contribution >= 4 is 5.57 Å². The second-order valence-corrected chi connectivity index (χ2v) is 9.68. The van der Waals surface area contributed by atoms with Gasteiger partial charge < -0.3 is 19.7 Å². The van der Waals surface area contributed by atoms with Gasteiger partial charge in [0.05, 0.1) is 24.4 Å². The van der Waals surface area contributed by atoms with Gasteiger partial charge in [0.25, 0.3) is 0 Å². The number of allylic oxidation sites excluding steroid dienone is 1. The Morgan fingerprint density at radius 1 is 0.788 bits per heavy atom. The van der Waals surface area contributed by atoms with E-state index in [9.17, 15) is 36.6 Å². The number of ether oxygens (including phenoxy) is 2. The van der Waals surface area contributed by atoms with Gasteiger partial charge in [0.15, 0.2) is 11.2 Å². The smallest absolute Gasteiger partial charge is 0.379 e. The van der Waals surface area contributed by atoms with Gasteiger partial charge >= 0.3 is 12.4 Å². The van der Waals surface area contributed by atoms with Crippen LogP contribution in [0, 0.1) is 0 Å². The summed E-state index contributed by atoms with van der Waals surface area (Å²) >= 11 is 0. The van der Waals surface area contributed by atoms with Crippen LogP contribution < -0.4 is 0 Å². The average Bonchev–Trinajstić information content (AvgIpc) is 2.63. The largest absolute Gasteiger partial charge is 0.419 e. The van der Waals surface area contributed by atoms with Crippen molar-refractivity contribution in [3.63, 3.8) is 0 Å². The minimum Gasteiger partial charge on any atom is -0.379 e. The molecule has 1 aromatic rings. The van der Waals surface area contributed by atoms with E-state index >= 15 is 0 Å². The van der Waals surface area contributed by atoms with Crippen molar-refractivity contribution in [3.05, 3.63) is 41.5 Å². The number of halogens is 6. The molecule has 1 rings (SSSR count). The quantitative estimate of drug-likeness (QED) is 0.430. The number of rotatable bonds is 9. The van der Waals surface area contributed by atoms with Crippen molar-refractivity contribution in [1.82, 2.24) is 0 Å². The lowest BCUT2D eigenvalue weighted by Crippen LogP contribution is -2.48. The lowest BCUT2D eigenvalue weighted by molar-refractivity contribution is -0.276. The molecular formula is C23H32F6O4. The van der Waals surface area contributed by atoms with Gasteiger partial charge in [-0.05, 0) is 71.2 Å². The van der Waals surface area contributed by atoms with Crippen LogP contribution in [0.5, 0.6) is 0 Å². The Hall–Kier alpha value is -1.62. The number of benzene rings is 1. The molecule has 0 fully saturated rings. The topological polar surface area (TPSA) is 58.9 Å². The summed E-state index contributed by atoms with van der Waals surface area (Å²) in [5.74, 6) is 0. The molecule has 190 valence electrons. The molecule has 0 heterocycles. The van der Waals surface area contributed by atoms with Crippen LogP contribution in [0.15, 0.2) is 24.8 Å². The zero-order valence-electron chi connectivity index (χ0n) is 19.8. The molecule has 0 amide bonds. The fourth-order valence-electron chi connectivity index (χ4n) is 2.76. The Balaban J connectivity index is 3.25. The third kappa shape index (κ3) is 6.94. The molecule has 10 heteroatoms. The van der Waals surface area contributed by atoms with E-state index in [1.165, 1.54) is 27.7 Å². The first-order valence-electron chi connectivity index (χ1n) is 10.1. The molecule has 2 unspecified atom stereocenters. The highest BCUT2D eigenvalue weighted by atomic mass is 19.4. The molecule has 0 aliphatic heterocycles. The molecule has 2 atom stereocenters. The van der Waals surface area contributed by atoms with E-state index in [1.54, 1.807) is 25.1 Å². The Kier molecular flexibility index (Phi) is 8.20.